The molecule has 3 aromatic carbocycles. The van der Waals surface area contributed by atoms with Crippen LogP contribution in [0.3, 0.4) is 0 Å². The van der Waals surface area contributed by atoms with Gasteiger partial charge in [-0.2, -0.15) is 10.5 Å². The van der Waals surface area contributed by atoms with Gasteiger partial charge in [0.2, 0.25) is 0 Å². The summed E-state index contributed by atoms with van der Waals surface area (Å²) in [6.07, 6.45) is 1.28. The number of ether oxygens (including phenoxy) is 2. The molecule has 0 saturated heterocycles. The molecule has 0 aliphatic carbocycles. The number of carbonyl (C=O) groups excluding carboxylic acids is 1. The highest BCUT2D eigenvalue weighted by molar-refractivity contribution is 5.93. The molecule has 0 spiro atoms. The summed E-state index contributed by atoms with van der Waals surface area (Å²) in [5.41, 5.74) is 3.94. The lowest BCUT2D eigenvalue weighted by Gasteiger charge is -2.07. The number of nitrogens with zero attached hydrogens (tertiary/aromatic N) is 2. The third-order valence-corrected chi connectivity index (χ3v) is 4.51. The number of rotatable bonds is 5. The van der Waals surface area contributed by atoms with E-state index in [9.17, 15) is 4.79 Å². The van der Waals surface area contributed by atoms with Gasteiger partial charge in [-0.1, -0.05) is 30.3 Å². The molecule has 162 valence electrons. The van der Waals surface area contributed by atoms with E-state index in [2.05, 4.69) is 42.4 Å². The zero-order valence-electron chi connectivity index (χ0n) is 18.2. The molecule has 3 rings (SSSR count). The number of esters is 1. The third kappa shape index (κ3) is 6.63. The first-order valence-corrected chi connectivity index (χ1v) is 10.2. The van der Waals surface area contributed by atoms with Crippen LogP contribution in [0.1, 0.15) is 43.7 Å². The third-order valence-electron chi connectivity index (χ3n) is 4.51. The van der Waals surface area contributed by atoms with E-state index in [1.165, 1.54) is 6.26 Å². The Bertz CT molecular complexity index is 1400. The standard InChI is InChI=1S/C29H18N2O3/c1-2-33-17-18-34-29(32)28-19-24(8-3-22-4-9-25(20-30)10-5-22)14-16-27(28)15-13-23-6-11-26(21-31)12-7-23/h2,4-7,9-12,14,16,19H,1,17-18H2. The molecule has 0 N–H and O–H groups in total. The molecule has 0 saturated carbocycles. The van der Waals surface area contributed by atoms with Gasteiger partial charge in [0.1, 0.15) is 13.2 Å². The number of nitriles is 2. The van der Waals surface area contributed by atoms with Crippen LogP contribution >= 0.6 is 0 Å². The van der Waals surface area contributed by atoms with Crippen LogP contribution in [0.4, 0.5) is 0 Å². The summed E-state index contributed by atoms with van der Waals surface area (Å²) < 4.78 is 10.3. The summed E-state index contributed by atoms with van der Waals surface area (Å²) in [6, 6.07) is 23.0. The predicted octanol–water partition coefficient (Wildman–Crippen LogP) is 4.55. The van der Waals surface area contributed by atoms with E-state index in [4.69, 9.17) is 20.0 Å². The molecule has 5 heteroatoms. The van der Waals surface area contributed by atoms with Gasteiger partial charge in [-0.15, -0.1) is 0 Å². The van der Waals surface area contributed by atoms with Crippen LogP contribution in [0.25, 0.3) is 0 Å². The van der Waals surface area contributed by atoms with Crippen molar-refractivity contribution < 1.29 is 14.3 Å². The number of hydrogen-bond donors (Lipinski definition) is 0. The van der Waals surface area contributed by atoms with Crippen LogP contribution in [0.15, 0.2) is 79.6 Å². The van der Waals surface area contributed by atoms with Gasteiger partial charge < -0.3 is 9.47 Å². The van der Waals surface area contributed by atoms with E-state index in [1.54, 1.807) is 66.7 Å². The van der Waals surface area contributed by atoms with Gasteiger partial charge in [-0.3, -0.25) is 0 Å². The monoisotopic (exact) mass is 442 g/mol. The number of benzene rings is 3. The summed E-state index contributed by atoms with van der Waals surface area (Å²) in [6.45, 7) is 3.71. The summed E-state index contributed by atoms with van der Waals surface area (Å²) in [5.74, 6) is 11.5. The van der Waals surface area contributed by atoms with Crippen LogP contribution in [0.5, 0.6) is 0 Å². The van der Waals surface area contributed by atoms with Gasteiger partial charge in [0.05, 0.1) is 35.1 Å². The quantitative estimate of drug-likeness (QED) is 0.251. The van der Waals surface area contributed by atoms with Gasteiger partial charge >= 0.3 is 5.97 Å². The molecule has 0 radical (unpaired) electrons. The minimum Gasteiger partial charge on any atom is -0.498 e. The highest BCUT2D eigenvalue weighted by Crippen LogP contribution is 2.14. The Kier molecular flexibility index (Phi) is 8.25. The van der Waals surface area contributed by atoms with E-state index < -0.39 is 5.97 Å². The van der Waals surface area contributed by atoms with E-state index in [0.29, 0.717) is 27.8 Å². The molecule has 34 heavy (non-hydrogen) atoms. The lowest BCUT2D eigenvalue weighted by Crippen LogP contribution is -2.11. The first-order chi connectivity index (χ1) is 16.6. The molecule has 0 bridgehead atoms. The van der Waals surface area contributed by atoms with Gasteiger partial charge in [0.25, 0.3) is 0 Å². The molecule has 0 fully saturated rings. The fourth-order valence-corrected chi connectivity index (χ4v) is 2.78. The van der Waals surface area contributed by atoms with Crippen molar-refractivity contribution >= 4 is 5.97 Å². The SMILES string of the molecule is C=COCCOC(=O)c1cc(C#Cc2ccc(C#N)cc2)ccc1C#Cc1ccc(C#N)cc1. The Morgan fingerprint density at radius 2 is 1.24 bits per heavy atom. The maximum absolute atomic E-state index is 12.7. The Hall–Kier alpha value is -5.23. The van der Waals surface area contributed by atoms with E-state index in [0.717, 1.165) is 5.56 Å². The van der Waals surface area contributed by atoms with Crippen LogP contribution in [-0.2, 0) is 9.47 Å². The summed E-state index contributed by atoms with van der Waals surface area (Å²) in [4.78, 5) is 12.7. The Morgan fingerprint density at radius 1 is 0.735 bits per heavy atom. The first kappa shape index (κ1) is 23.4. The van der Waals surface area contributed by atoms with Gasteiger partial charge in [0.15, 0.2) is 0 Å². The molecule has 0 unspecified atom stereocenters. The summed E-state index contributed by atoms with van der Waals surface area (Å²) in [7, 11) is 0. The second kappa shape index (κ2) is 12.0. The molecular formula is C29H18N2O3. The largest absolute Gasteiger partial charge is 0.498 e. The zero-order valence-corrected chi connectivity index (χ0v) is 18.2. The van der Waals surface area contributed by atoms with Crippen molar-refractivity contribution in [3.63, 3.8) is 0 Å². The second-order valence-corrected chi connectivity index (χ2v) is 6.81. The van der Waals surface area contributed by atoms with Crippen molar-refractivity contribution in [2.24, 2.45) is 0 Å². The molecule has 0 heterocycles. The topological polar surface area (TPSA) is 83.1 Å². The van der Waals surface area contributed by atoms with E-state index in [-0.39, 0.29) is 18.8 Å². The Balaban J connectivity index is 1.90. The average Bonchev–Trinajstić information content (AvgIpc) is 2.89. The summed E-state index contributed by atoms with van der Waals surface area (Å²) in [5, 5.41) is 17.8. The van der Waals surface area contributed by atoms with Crippen molar-refractivity contribution in [3.05, 3.63) is 119 Å². The first-order valence-electron chi connectivity index (χ1n) is 10.2. The van der Waals surface area contributed by atoms with Crippen molar-refractivity contribution in [2.75, 3.05) is 13.2 Å². The maximum Gasteiger partial charge on any atom is 0.339 e. The molecule has 0 aliphatic rings. The molecule has 0 aliphatic heterocycles. The van der Waals surface area contributed by atoms with E-state index >= 15 is 0 Å². The second-order valence-electron chi connectivity index (χ2n) is 6.81. The van der Waals surface area contributed by atoms with Crippen molar-refractivity contribution in [1.29, 1.82) is 10.5 Å². The fourth-order valence-electron chi connectivity index (χ4n) is 2.78. The fraction of sp³-hybridized carbons (Fsp3) is 0.0690. The molecule has 0 atom stereocenters. The lowest BCUT2D eigenvalue weighted by atomic mass is 10.0. The van der Waals surface area contributed by atoms with Crippen molar-refractivity contribution in [2.45, 2.75) is 0 Å². The smallest absolute Gasteiger partial charge is 0.339 e. The van der Waals surface area contributed by atoms with Crippen LogP contribution in [0, 0.1) is 46.3 Å². The normalized spacial score (nSPS) is 9.12. The minimum absolute atomic E-state index is 0.0640. The van der Waals surface area contributed by atoms with Crippen LogP contribution < -0.4 is 0 Å². The van der Waals surface area contributed by atoms with Crippen molar-refractivity contribution in [1.82, 2.24) is 0 Å². The molecule has 3 aromatic rings. The molecule has 0 amide bonds. The Morgan fingerprint density at radius 3 is 1.79 bits per heavy atom. The van der Waals surface area contributed by atoms with Crippen LogP contribution in [0.2, 0.25) is 0 Å². The van der Waals surface area contributed by atoms with Crippen molar-refractivity contribution in [3.8, 4) is 35.8 Å². The molecule has 5 nitrogen and oxygen atoms in total. The Labute approximate surface area is 198 Å². The minimum atomic E-state index is -0.543. The highest BCUT2D eigenvalue weighted by Gasteiger charge is 2.13. The number of carbonyl (C=O) groups is 1. The lowest BCUT2D eigenvalue weighted by molar-refractivity contribution is 0.0420. The molecular weight excluding hydrogens is 424 g/mol. The van der Waals surface area contributed by atoms with Gasteiger partial charge in [0, 0.05) is 22.3 Å². The predicted molar refractivity (Wildman–Crippen MR) is 127 cm³/mol. The number of hydrogen-bond acceptors (Lipinski definition) is 5. The molecule has 0 aromatic heterocycles. The average molecular weight is 442 g/mol. The zero-order chi connectivity index (χ0) is 24.2. The van der Waals surface area contributed by atoms with Crippen LogP contribution in [-0.4, -0.2) is 19.2 Å². The highest BCUT2D eigenvalue weighted by atomic mass is 16.6. The van der Waals surface area contributed by atoms with E-state index in [1.807, 2.05) is 0 Å². The summed E-state index contributed by atoms with van der Waals surface area (Å²) >= 11 is 0. The van der Waals surface area contributed by atoms with Gasteiger partial charge in [-0.25, -0.2) is 4.79 Å². The maximum atomic E-state index is 12.7. The van der Waals surface area contributed by atoms with Gasteiger partial charge in [-0.05, 0) is 66.7 Å².